The Morgan fingerprint density at radius 3 is 2.35 bits per heavy atom. The number of nitrogens with zero attached hydrogens (tertiary/aromatic N) is 1. The quantitative estimate of drug-likeness (QED) is 0.758. The zero-order valence-electron chi connectivity index (χ0n) is 13.2. The minimum absolute atomic E-state index is 0.111. The van der Waals surface area contributed by atoms with Gasteiger partial charge in [0.15, 0.2) is 0 Å². The van der Waals surface area contributed by atoms with Crippen LogP contribution < -0.4 is 4.90 Å². The maximum absolute atomic E-state index is 12.7. The van der Waals surface area contributed by atoms with Gasteiger partial charge in [0, 0.05) is 10.9 Å². The van der Waals surface area contributed by atoms with Gasteiger partial charge in [-0.05, 0) is 59.5 Å². The number of amides is 2. The van der Waals surface area contributed by atoms with Crippen LogP contribution in [0.15, 0.2) is 46.9 Å². The molecule has 3 rings (SSSR count). The van der Waals surface area contributed by atoms with Crippen LogP contribution in [-0.2, 0) is 16.0 Å². The molecule has 2 aromatic carbocycles. The van der Waals surface area contributed by atoms with Crippen LogP contribution in [0.1, 0.15) is 23.1 Å². The van der Waals surface area contributed by atoms with Gasteiger partial charge in [0.25, 0.3) is 0 Å². The van der Waals surface area contributed by atoms with E-state index in [1.165, 1.54) is 10.5 Å². The highest BCUT2D eigenvalue weighted by Crippen LogP contribution is 2.34. The fourth-order valence-electron chi connectivity index (χ4n) is 2.91. The first kappa shape index (κ1) is 15.9. The van der Waals surface area contributed by atoms with E-state index in [9.17, 15) is 9.59 Å². The van der Waals surface area contributed by atoms with E-state index in [2.05, 4.69) is 15.9 Å². The second kappa shape index (κ2) is 6.28. The average molecular weight is 372 g/mol. The monoisotopic (exact) mass is 371 g/mol. The Hall–Kier alpha value is -1.94. The average Bonchev–Trinajstić information content (AvgIpc) is 2.77. The lowest BCUT2D eigenvalue weighted by atomic mass is 9.97. The lowest BCUT2D eigenvalue weighted by Gasteiger charge is -2.17. The normalized spacial score (nSPS) is 17.9. The summed E-state index contributed by atoms with van der Waals surface area (Å²) in [5, 5.41) is 0. The van der Waals surface area contributed by atoms with E-state index >= 15 is 0 Å². The molecule has 1 saturated heterocycles. The van der Waals surface area contributed by atoms with Crippen LogP contribution in [0.3, 0.4) is 0 Å². The first-order valence-corrected chi connectivity index (χ1v) is 8.43. The summed E-state index contributed by atoms with van der Waals surface area (Å²) in [6.45, 7) is 4.01. The van der Waals surface area contributed by atoms with Crippen molar-refractivity contribution in [2.45, 2.75) is 26.7 Å². The molecule has 118 valence electrons. The molecular weight excluding hydrogens is 354 g/mol. The van der Waals surface area contributed by atoms with E-state index in [0.717, 1.165) is 15.6 Å². The number of anilines is 1. The summed E-state index contributed by atoms with van der Waals surface area (Å²) in [5.74, 6) is -0.518. The van der Waals surface area contributed by atoms with Crippen LogP contribution in [0.4, 0.5) is 5.69 Å². The smallest absolute Gasteiger partial charge is 0.237 e. The number of halogens is 1. The summed E-state index contributed by atoms with van der Waals surface area (Å²) in [6.07, 6.45) is 0.873. The van der Waals surface area contributed by atoms with Crippen molar-refractivity contribution < 1.29 is 9.59 Å². The van der Waals surface area contributed by atoms with Gasteiger partial charge in [-0.25, -0.2) is 4.90 Å². The van der Waals surface area contributed by atoms with Crippen LogP contribution >= 0.6 is 15.9 Å². The van der Waals surface area contributed by atoms with Gasteiger partial charge in [-0.3, -0.25) is 9.59 Å². The summed E-state index contributed by atoms with van der Waals surface area (Å²) in [5.41, 5.74) is 3.99. The first-order valence-electron chi connectivity index (χ1n) is 7.64. The maximum atomic E-state index is 12.7. The molecule has 1 unspecified atom stereocenters. The molecule has 1 atom stereocenters. The SMILES string of the molecule is Cc1ccc(CC2CC(=O)N(c3ccc(C)cc3Br)C2=O)cc1. The standard InChI is InChI=1S/C19H18BrNO2/c1-12-3-6-14(7-4-12)10-15-11-18(22)21(19(15)23)17-8-5-13(2)9-16(17)20/h3-9,15H,10-11H2,1-2H3. The minimum Gasteiger partial charge on any atom is -0.274 e. The van der Waals surface area contributed by atoms with Crippen LogP contribution in [0, 0.1) is 19.8 Å². The van der Waals surface area contributed by atoms with Gasteiger partial charge in [0.05, 0.1) is 11.6 Å². The summed E-state index contributed by atoms with van der Waals surface area (Å²) in [7, 11) is 0. The number of imide groups is 1. The summed E-state index contributed by atoms with van der Waals surface area (Å²) >= 11 is 3.46. The van der Waals surface area contributed by atoms with Crippen LogP contribution in [0.5, 0.6) is 0 Å². The molecule has 3 nitrogen and oxygen atoms in total. The van der Waals surface area contributed by atoms with Crippen molar-refractivity contribution in [1.82, 2.24) is 0 Å². The lowest BCUT2D eigenvalue weighted by Crippen LogP contribution is -2.31. The molecule has 1 heterocycles. The van der Waals surface area contributed by atoms with Crippen LogP contribution in [0.2, 0.25) is 0 Å². The van der Waals surface area contributed by atoms with Gasteiger partial charge in [0.2, 0.25) is 11.8 Å². The van der Waals surface area contributed by atoms with E-state index in [1.807, 2.05) is 56.3 Å². The molecule has 4 heteroatoms. The third-order valence-electron chi connectivity index (χ3n) is 4.19. The van der Waals surface area contributed by atoms with Crippen molar-refractivity contribution in [2.24, 2.45) is 5.92 Å². The van der Waals surface area contributed by atoms with Gasteiger partial charge in [-0.15, -0.1) is 0 Å². The number of carbonyl (C=O) groups excluding carboxylic acids is 2. The highest BCUT2D eigenvalue weighted by molar-refractivity contribution is 9.10. The number of rotatable bonds is 3. The summed E-state index contributed by atoms with van der Waals surface area (Å²) < 4.78 is 0.773. The van der Waals surface area contributed by atoms with E-state index in [-0.39, 0.29) is 24.2 Å². The largest absolute Gasteiger partial charge is 0.274 e. The Morgan fingerprint density at radius 2 is 1.70 bits per heavy atom. The zero-order chi connectivity index (χ0) is 16.6. The number of benzene rings is 2. The Kier molecular flexibility index (Phi) is 4.35. The predicted molar refractivity (Wildman–Crippen MR) is 94.4 cm³/mol. The van der Waals surface area contributed by atoms with E-state index in [4.69, 9.17) is 0 Å². The van der Waals surface area contributed by atoms with Crippen molar-refractivity contribution in [1.29, 1.82) is 0 Å². The van der Waals surface area contributed by atoms with Gasteiger partial charge in [-0.1, -0.05) is 35.9 Å². The Bertz CT molecular complexity index is 767. The molecule has 0 saturated carbocycles. The van der Waals surface area contributed by atoms with Crippen molar-refractivity contribution in [3.05, 3.63) is 63.6 Å². The Morgan fingerprint density at radius 1 is 1.04 bits per heavy atom. The molecule has 0 bridgehead atoms. The highest BCUT2D eigenvalue weighted by Gasteiger charge is 2.40. The zero-order valence-corrected chi connectivity index (χ0v) is 14.8. The molecule has 23 heavy (non-hydrogen) atoms. The van der Waals surface area contributed by atoms with Gasteiger partial charge in [0.1, 0.15) is 0 Å². The number of aryl methyl sites for hydroxylation is 2. The van der Waals surface area contributed by atoms with Gasteiger partial charge in [-0.2, -0.15) is 0 Å². The fraction of sp³-hybridized carbons (Fsp3) is 0.263. The summed E-state index contributed by atoms with van der Waals surface area (Å²) in [6, 6.07) is 13.8. The predicted octanol–water partition coefficient (Wildman–Crippen LogP) is 4.19. The molecule has 0 aromatic heterocycles. The van der Waals surface area contributed by atoms with E-state index in [0.29, 0.717) is 12.1 Å². The molecule has 0 radical (unpaired) electrons. The molecular formula is C19H18BrNO2. The molecule has 0 N–H and O–H groups in total. The van der Waals surface area contributed by atoms with E-state index in [1.54, 1.807) is 0 Å². The van der Waals surface area contributed by atoms with Crippen LogP contribution in [0.25, 0.3) is 0 Å². The van der Waals surface area contributed by atoms with Gasteiger partial charge >= 0.3 is 0 Å². The lowest BCUT2D eigenvalue weighted by molar-refractivity contribution is -0.122. The number of carbonyl (C=O) groups is 2. The third kappa shape index (κ3) is 3.22. The number of hydrogen-bond acceptors (Lipinski definition) is 2. The Labute approximate surface area is 144 Å². The molecule has 2 aromatic rings. The van der Waals surface area contributed by atoms with Crippen molar-refractivity contribution in [3.8, 4) is 0 Å². The van der Waals surface area contributed by atoms with Crippen LogP contribution in [-0.4, -0.2) is 11.8 Å². The molecule has 1 aliphatic rings. The summed E-state index contributed by atoms with van der Waals surface area (Å²) in [4.78, 5) is 26.4. The molecule has 1 fully saturated rings. The molecule has 1 aliphatic heterocycles. The van der Waals surface area contributed by atoms with Gasteiger partial charge < -0.3 is 0 Å². The topological polar surface area (TPSA) is 37.4 Å². The van der Waals surface area contributed by atoms with E-state index < -0.39 is 0 Å². The van der Waals surface area contributed by atoms with Crippen molar-refractivity contribution in [3.63, 3.8) is 0 Å². The molecule has 0 spiro atoms. The number of hydrogen-bond donors (Lipinski definition) is 0. The van der Waals surface area contributed by atoms with Crippen molar-refractivity contribution in [2.75, 3.05) is 4.90 Å². The molecule has 0 aliphatic carbocycles. The second-order valence-electron chi connectivity index (χ2n) is 6.11. The molecule has 2 amide bonds. The third-order valence-corrected chi connectivity index (χ3v) is 4.82. The minimum atomic E-state index is -0.279. The first-order chi connectivity index (χ1) is 11.0. The second-order valence-corrected chi connectivity index (χ2v) is 6.97. The van der Waals surface area contributed by atoms with Crippen molar-refractivity contribution >= 4 is 33.4 Å². The highest BCUT2D eigenvalue weighted by atomic mass is 79.9. The Balaban J connectivity index is 1.83. The maximum Gasteiger partial charge on any atom is 0.237 e. The fourth-order valence-corrected chi connectivity index (χ4v) is 3.58.